The van der Waals surface area contributed by atoms with E-state index in [-0.39, 0.29) is 0 Å². The van der Waals surface area contributed by atoms with Gasteiger partial charge in [-0.1, -0.05) is 12.8 Å². The van der Waals surface area contributed by atoms with Gasteiger partial charge in [-0.25, -0.2) is 0 Å². The lowest BCUT2D eigenvalue weighted by Crippen LogP contribution is -2.12. The lowest BCUT2D eigenvalue weighted by Gasteiger charge is -2.12. The first-order valence-electron chi connectivity index (χ1n) is 5.91. The predicted molar refractivity (Wildman–Crippen MR) is 61.9 cm³/mol. The standard InChI is InChI=1S/C12H21N3/c1-9-12(10-6-4-5-7-10)11(8-13-2)15(3)14-9/h10,13H,4-8H2,1-3H3. The van der Waals surface area contributed by atoms with E-state index in [9.17, 15) is 0 Å². The average molecular weight is 207 g/mol. The molecule has 84 valence electrons. The topological polar surface area (TPSA) is 29.9 Å². The molecule has 0 atom stereocenters. The van der Waals surface area contributed by atoms with E-state index in [1.165, 1.54) is 42.6 Å². The van der Waals surface area contributed by atoms with E-state index in [1.807, 2.05) is 11.7 Å². The number of hydrogen-bond acceptors (Lipinski definition) is 2. The van der Waals surface area contributed by atoms with Gasteiger partial charge in [-0.2, -0.15) is 5.10 Å². The van der Waals surface area contributed by atoms with Crippen molar-refractivity contribution >= 4 is 0 Å². The Labute approximate surface area is 91.9 Å². The van der Waals surface area contributed by atoms with Gasteiger partial charge in [0.05, 0.1) is 11.4 Å². The van der Waals surface area contributed by atoms with Crippen molar-refractivity contribution in [3.63, 3.8) is 0 Å². The van der Waals surface area contributed by atoms with E-state index in [0.29, 0.717) is 0 Å². The van der Waals surface area contributed by atoms with Crippen LogP contribution < -0.4 is 5.32 Å². The Hall–Kier alpha value is -0.830. The van der Waals surface area contributed by atoms with Crippen LogP contribution in [0, 0.1) is 6.92 Å². The maximum absolute atomic E-state index is 4.55. The molecule has 1 saturated carbocycles. The minimum atomic E-state index is 0.766. The van der Waals surface area contributed by atoms with Crippen molar-refractivity contribution in [1.29, 1.82) is 0 Å². The molecule has 1 N–H and O–H groups in total. The summed E-state index contributed by atoms with van der Waals surface area (Å²) in [4.78, 5) is 0. The number of nitrogens with one attached hydrogen (secondary N) is 1. The Balaban J connectivity index is 2.34. The SMILES string of the molecule is CNCc1c(C2CCCC2)c(C)nn1C. The normalized spacial score (nSPS) is 17.5. The van der Waals surface area contributed by atoms with Crippen LogP contribution >= 0.6 is 0 Å². The first-order chi connectivity index (χ1) is 7.24. The second-order valence-corrected chi connectivity index (χ2v) is 4.58. The van der Waals surface area contributed by atoms with Crippen LogP contribution in [0.2, 0.25) is 0 Å². The molecule has 0 radical (unpaired) electrons. The molecule has 1 fully saturated rings. The van der Waals surface area contributed by atoms with E-state index in [2.05, 4.69) is 24.4 Å². The van der Waals surface area contributed by atoms with Gasteiger partial charge in [0.15, 0.2) is 0 Å². The number of hydrogen-bond donors (Lipinski definition) is 1. The third-order valence-corrected chi connectivity index (χ3v) is 3.50. The lowest BCUT2D eigenvalue weighted by atomic mass is 9.95. The van der Waals surface area contributed by atoms with E-state index in [0.717, 1.165) is 12.5 Å². The molecule has 0 aliphatic heterocycles. The fourth-order valence-electron chi connectivity index (χ4n) is 2.84. The Morgan fingerprint density at radius 1 is 1.40 bits per heavy atom. The highest BCUT2D eigenvalue weighted by Crippen LogP contribution is 2.37. The molecule has 3 nitrogen and oxygen atoms in total. The minimum Gasteiger partial charge on any atom is -0.314 e. The molecule has 3 heteroatoms. The molecule has 15 heavy (non-hydrogen) atoms. The predicted octanol–water partition coefficient (Wildman–Crippen LogP) is 2.11. The van der Waals surface area contributed by atoms with Crippen LogP contribution in [0.3, 0.4) is 0 Å². The molecule has 0 spiro atoms. The highest BCUT2D eigenvalue weighted by molar-refractivity contribution is 5.30. The van der Waals surface area contributed by atoms with Crippen molar-refractivity contribution in [2.45, 2.75) is 45.1 Å². The molecular formula is C12H21N3. The summed E-state index contributed by atoms with van der Waals surface area (Å²) < 4.78 is 2.04. The van der Waals surface area contributed by atoms with E-state index >= 15 is 0 Å². The monoisotopic (exact) mass is 207 g/mol. The van der Waals surface area contributed by atoms with E-state index < -0.39 is 0 Å². The summed E-state index contributed by atoms with van der Waals surface area (Å²) in [7, 11) is 4.05. The van der Waals surface area contributed by atoms with Crippen LogP contribution in [0.25, 0.3) is 0 Å². The summed E-state index contributed by atoms with van der Waals surface area (Å²) in [6, 6.07) is 0. The molecule has 0 unspecified atom stereocenters. The Morgan fingerprint density at radius 3 is 2.67 bits per heavy atom. The van der Waals surface area contributed by atoms with Crippen LogP contribution in [-0.4, -0.2) is 16.8 Å². The summed E-state index contributed by atoms with van der Waals surface area (Å²) in [5.41, 5.74) is 4.13. The Bertz CT molecular complexity index is 335. The quantitative estimate of drug-likeness (QED) is 0.822. The zero-order chi connectivity index (χ0) is 10.8. The molecule has 1 aliphatic carbocycles. The molecule has 1 aromatic heterocycles. The van der Waals surface area contributed by atoms with Crippen LogP contribution in [0.15, 0.2) is 0 Å². The third kappa shape index (κ3) is 1.93. The average Bonchev–Trinajstić information content (AvgIpc) is 2.77. The first-order valence-corrected chi connectivity index (χ1v) is 5.91. The molecule has 1 aromatic rings. The molecule has 0 saturated heterocycles. The molecular weight excluding hydrogens is 186 g/mol. The maximum Gasteiger partial charge on any atom is 0.0631 e. The zero-order valence-corrected chi connectivity index (χ0v) is 10.0. The van der Waals surface area contributed by atoms with Crippen molar-refractivity contribution in [2.75, 3.05) is 7.05 Å². The smallest absolute Gasteiger partial charge is 0.0631 e. The van der Waals surface area contributed by atoms with Crippen LogP contribution in [0.4, 0.5) is 0 Å². The fraction of sp³-hybridized carbons (Fsp3) is 0.750. The van der Waals surface area contributed by atoms with Gasteiger partial charge in [0.2, 0.25) is 0 Å². The largest absolute Gasteiger partial charge is 0.314 e. The van der Waals surface area contributed by atoms with E-state index in [1.54, 1.807) is 0 Å². The van der Waals surface area contributed by atoms with Crippen molar-refractivity contribution in [3.05, 3.63) is 17.0 Å². The Kier molecular flexibility index (Phi) is 3.10. The second kappa shape index (κ2) is 4.35. The van der Waals surface area contributed by atoms with Gasteiger partial charge >= 0.3 is 0 Å². The molecule has 2 rings (SSSR count). The van der Waals surface area contributed by atoms with Crippen LogP contribution in [0.5, 0.6) is 0 Å². The zero-order valence-electron chi connectivity index (χ0n) is 10.0. The summed E-state index contributed by atoms with van der Waals surface area (Å²) in [5, 5.41) is 7.79. The van der Waals surface area contributed by atoms with Crippen LogP contribution in [-0.2, 0) is 13.6 Å². The molecule has 0 bridgehead atoms. The van der Waals surface area contributed by atoms with Gasteiger partial charge in [0.25, 0.3) is 0 Å². The fourth-order valence-corrected chi connectivity index (χ4v) is 2.84. The second-order valence-electron chi connectivity index (χ2n) is 4.58. The first kappa shape index (κ1) is 10.7. The van der Waals surface area contributed by atoms with Crippen molar-refractivity contribution < 1.29 is 0 Å². The summed E-state index contributed by atoms with van der Waals surface area (Å²) in [5.74, 6) is 0.766. The van der Waals surface area contributed by atoms with Crippen molar-refractivity contribution in [2.24, 2.45) is 7.05 Å². The summed E-state index contributed by atoms with van der Waals surface area (Å²) in [6.07, 6.45) is 5.47. The molecule has 0 amide bonds. The van der Waals surface area contributed by atoms with Gasteiger partial charge in [-0.05, 0) is 32.7 Å². The van der Waals surface area contributed by atoms with E-state index in [4.69, 9.17) is 0 Å². The number of aromatic nitrogens is 2. The van der Waals surface area contributed by atoms with Crippen molar-refractivity contribution in [3.8, 4) is 0 Å². The highest BCUT2D eigenvalue weighted by atomic mass is 15.3. The molecule has 1 aliphatic rings. The number of aryl methyl sites for hydroxylation is 2. The number of rotatable bonds is 3. The van der Waals surface area contributed by atoms with Gasteiger partial charge in [-0.15, -0.1) is 0 Å². The van der Waals surface area contributed by atoms with Gasteiger partial charge in [0, 0.05) is 19.2 Å². The number of nitrogens with zero attached hydrogens (tertiary/aromatic N) is 2. The van der Waals surface area contributed by atoms with Gasteiger partial charge in [-0.3, -0.25) is 4.68 Å². The van der Waals surface area contributed by atoms with Crippen LogP contribution in [0.1, 0.15) is 48.6 Å². The minimum absolute atomic E-state index is 0.766. The van der Waals surface area contributed by atoms with Crippen molar-refractivity contribution in [1.82, 2.24) is 15.1 Å². The molecule has 1 heterocycles. The summed E-state index contributed by atoms with van der Waals surface area (Å²) in [6.45, 7) is 3.08. The van der Waals surface area contributed by atoms with Gasteiger partial charge < -0.3 is 5.32 Å². The summed E-state index contributed by atoms with van der Waals surface area (Å²) >= 11 is 0. The van der Waals surface area contributed by atoms with Gasteiger partial charge in [0.1, 0.15) is 0 Å². The molecule has 0 aromatic carbocycles. The third-order valence-electron chi connectivity index (χ3n) is 3.50. The maximum atomic E-state index is 4.55. The lowest BCUT2D eigenvalue weighted by molar-refractivity contribution is 0.647. The highest BCUT2D eigenvalue weighted by Gasteiger charge is 2.24. The Morgan fingerprint density at radius 2 is 2.07 bits per heavy atom.